The van der Waals surface area contributed by atoms with Crippen molar-refractivity contribution in [2.75, 3.05) is 13.7 Å². The fourth-order valence-electron chi connectivity index (χ4n) is 2.35. The van der Waals surface area contributed by atoms with Crippen LogP contribution in [-0.2, 0) is 4.79 Å². The number of benzene rings is 1. The van der Waals surface area contributed by atoms with Gasteiger partial charge >= 0.3 is 0 Å². The molecule has 2 N–H and O–H groups in total. The molecule has 0 saturated carbocycles. The van der Waals surface area contributed by atoms with Crippen molar-refractivity contribution >= 4 is 6.41 Å². The fraction of sp³-hybridized carbons (Fsp3) is 0.526. The third kappa shape index (κ3) is 6.45. The van der Waals surface area contributed by atoms with Crippen LogP contribution in [-0.4, -0.2) is 31.0 Å². The Morgan fingerprint density at radius 3 is 2.39 bits per heavy atom. The number of ether oxygens (including phenoxy) is 1. The third-order valence-corrected chi connectivity index (χ3v) is 4.00. The van der Waals surface area contributed by atoms with Crippen LogP contribution in [0.3, 0.4) is 0 Å². The number of carbonyl (C=O) groups excluding carboxylic acids is 1. The lowest BCUT2D eigenvalue weighted by Gasteiger charge is -2.29. The average molecular weight is 318 g/mol. The van der Waals surface area contributed by atoms with Gasteiger partial charge in [-0.25, -0.2) is 0 Å². The van der Waals surface area contributed by atoms with Gasteiger partial charge in [0.1, 0.15) is 5.75 Å². The van der Waals surface area contributed by atoms with Gasteiger partial charge in [-0.05, 0) is 37.0 Å². The molecule has 0 fully saturated rings. The molecule has 1 aromatic carbocycles. The molecule has 0 aliphatic rings. The molecule has 0 radical (unpaired) electrons. The second-order valence-electron chi connectivity index (χ2n) is 6.17. The van der Waals surface area contributed by atoms with Crippen molar-refractivity contribution in [2.24, 2.45) is 11.7 Å². The third-order valence-electron chi connectivity index (χ3n) is 4.00. The van der Waals surface area contributed by atoms with Crippen LogP contribution < -0.4 is 10.5 Å². The number of nitrogens with two attached hydrogens (primary N) is 1. The van der Waals surface area contributed by atoms with Gasteiger partial charge in [-0.2, -0.15) is 0 Å². The number of hydrogen-bond donors (Lipinski definition) is 1. The topological polar surface area (TPSA) is 55.6 Å². The zero-order chi connectivity index (χ0) is 17.2. The smallest absolute Gasteiger partial charge is 0.210 e. The Bertz CT molecular complexity index is 483. The van der Waals surface area contributed by atoms with Gasteiger partial charge in [0.2, 0.25) is 6.41 Å². The van der Waals surface area contributed by atoms with Gasteiger partial charge in [-0.15, -0.1) is 0 Å². The predicted molar refractivity (Wildman–Crippen MR) is 95.4 cm³/mol. The normalized spacial score (nSPS) is 15.2. The van der Waals surface area contributed by atoms with Crippen molar-refractivity contribution in [3.63, 3.8) is 0 Å². The van der Waals surface area contributed by atoms with E-state index < -0.39 is 0 Å². The van der Waals surface area contributed by atoms with E-state index in [1.54, 1.807) is 7.11 Å². The van der Waals surface area contributed by atoms with E-state index in [1.165, 1.54) is 0 Å². The highest BCUT2D eigenvalue weighted by molar-refractivity contribution is 5.50. The molecule has 0 spiro atoms. The molecule has 1 aromatic rings. The van der Waals surface area contributed by atoms with Crippen LogP contribution in [0.15, 0.2) is 36.4 Å². The van der Waals surface area contributed by atoms with Gasteiger partial charge in [-0.1, -0.05) is 44.6 Å². The Morgan fingerprint density at radius 1 is 1.26 bits per heavy atom. The molecule has 4 nitrogen and oxygen atoms in total. The molecule has 1 unspecified atom stereocenters. The molecule has 1 amide bonds. The lowest BCUT2D eigenvalue weighted by molar-refractivity contribution is -0.120. The monoisotopic (exact) mass is 318 g/mol. The molecule has 4 heteroatoms. The van der Waals surface area contributed by atoms with Crippen molar-refractivity contribution in [1.82, 2.24) is 4.90 Å². The van der Waals surface area contributed by atoms with E-state index in [0.717, 1.165) is 37.1 Å². The summed E-state index contributed by atoms with van der Waals surface area (Å²) in [4.78, 5) is 13.5. The highest BCUT2D eigenvalue weighted by atomic mass is 16.5. The summed E-state index contributed by atoms with van der Waals surface area (Å²) in [7, 11) is 1.65. The second kappa shape index (κ2) is 10.1. The summed E-state index contributed by atoms with van der Waals surface area (Å²) in [6, 6.07) is 7.90. The van der Waals surface area contributed by atoms with E-state index in [9.17, 15) is 4.79 Å². The van der Waals surface area contributed by atoms with Crippen LogP contribution in [0.1, 0.15) is 45.2 Å². The summed E-state index contributed by atoms with van der Waals surface area (Å²) < 4.78 is 5.21. The quantitative estimate of drug-likeness (QED) is 0.530. The Hall–Kier alpha value is -1.81. The minimum Gasteiger partial charge on any atom is -0.497 e. The van der Waals surface area contributed by atoms with Crippen molar-refractivity contribution in [3.8, 4) is 5.75 Å². The lowest BCUT2D eigenvalue weighted by atomic mass is 10.0. The van der Waals surface area contributed by atoms with Crippen LogP contribution in [0, 0.1) is 5.92 Å². The molecule has 0 saturated heterocycles. The first kappa shape index (κ1) is 19.2. The van der Waals surface area contributed by atoms with Crippen LogP contribution >= 0.6 is 0 Å². The van der Waals surface area contributed by atoms with Gasteiger partial charge < -0.3 is 15.4 Å². The number of carbonyl (C=O) groups is 1. The minimum atomic E-state index is -0.0776. The second-order valence-corrected chi connectivity index (χ2v) is 6.17. The van der Waals surface area contributed by atoms with E-state index in [4.69, 9.17) is 10.5 Å². The molecule has 0 aliphatic carbocycles. The number of hydrogen-bond acceptors (Lipinski definition) is 3. The van der Waals surface area contributed by atoms with Gasteiger partial charge in [0.15, 0.2) is 0 Å². The highest BCUT2D eigenvalue weighted by Gasteiger charge is 2.18. The average Bonchev–Trinajstić information content (AvgIpc) is 2.56. The van der Waals surface area contributed by atoms with Crippen LogP contribution in [0.25, 0.3) is 0 Å². The van der Waals surface area contributed by atoms with Gasteiger partial charge in [0, 0.05) is 12.6 Å². The zero-order valence-electron chi connectivity index (χ0n) is 14.7. The van der Waals surface area contributed by atoms with Crippen molar-refractivity contribution in [2.45, 2.75) is 45.7 Å². The molecule has 0 heterocycles. The Balaban J connectivity index is 3.02. The maximum Gasteiger partial charge on any atom is 0.210 e. The predicted octanol–water partition coefficient (Wildman–Crippen LogP) is 3.53. The molecule has 0 aliphatic heterocycles. The standard InChI is InChI=1S/C19H30N2O2/c1-5-15(2)13-21(14-22)19(8-6-7-16(3)20)17-9-11-18(23-4)12-10-17/h6,8-12,14-16,19H,5,7,13,20H2,1-4H3/b8-6-/t15?,16-,19+/m1/s1. The molecule has 0 aromatic heterocycles. The molecule has 3 atom stereocenters. The minimum absolute atomic E-state index is 0.0776. The molecule has 23 heavy (non-hydrogen) atoms. The summed E-state index contributed by atoms with van der Waals surface area (Å²) in [5, 5.41) is 0. The molecular weight excluding hydrogens is 288 g/mol. The highest BCUT2D eigenvalue weighted by Crippen LogP contribution is 2.25. The zero-order valence-corrected chi connectivity index (χ0v) is 14.7. The van der Waals surface area contributed by atoms with Crippen molar-refractivity contribution in [3.05, 3.63) is 42.0 Å². The first-order valence-electron chi connectivity index (χ1n) is 8.29. The summed E-state index contributed by atoms with van der Waals surface area (Å²) in [5.74, 6) is 1.27. The van der Waals surface area contributed by atoms with Gasteiger partial charge in [0.25, 0.3) is 0 Å². The molecular formula is C19H30N2O2. The first-order chi connectivity index (χ1) is 11.0. The molecule has 1 rings (SSSR count). The first-order valence-corrected chi connectivity index (χ1v) is 8.29. The number of amides is 1. The van der Waals surface area contributed by atoms with E-state index in [0.29, 0.717) is 5.92 Å². The van der Waals surface area contributed by atoms with Crippen molar-refractivity contribution in [1.29, 1.82) is 0 Å². The van der Waals surface area contributed by atoms with Gasteiger partial charge in [0.05, 0.1) is 13.2 Å². The van der Waals surface area contributed by atoms with Crippen LogP contribution in [0.2, 0.25) is 0 Å². The molecule has 0 bridgehead atoms. The largest absolute Gasteiger partial charge is 0.497 e. The number of rotatable bonds is 10. The van der Waals surface area contributed by atoms with E-state index in [-0.39, 0.29) is 12.1 Å². The number of methoxy groups -OCH3 is 1. The Labute approximate surface area is 140 Å². The van der Waals surface area contributed by atoms with E-state index >= 15 is 0 Å². The Morgan fingerprint density at radius 2 is 1.91 bits per heavy atom. The van der Waals surface area contributed by atoms with Crippen LogP contribution in [0.4, 0.5) is 0 Å². The molecule has 128 valence electrons. The van der Waals surface area contributed by atoms with E-state index in [1.807, 2.05) is 36.1 Å². The maximum atomic E-state index is 11.6. The maximum absolute atomic E-state index is 11.6. The van der Waals surface area contributed by atoms with Crippen molar-refractivity contribution < 1.29 is 9.53 Å². The fourth-order valence-corrected chi connectivity index (χ4v) is 2.35. The SMILES string of the molecule is CCC(C)CN(C=O)[C@@H](/C=C\C[C@@H](C)N)c1ccc(OC)cc1. The van der Waals surface area contributed by atoms with Crippen LogP contribution in [0.5, 0.6) is 5.75 Å². The summed E-state index contributed by atoms with van der Waals surface area (Å²) in [5.41, 5.74) is 6.89. The lowest BCUT2D eigenvalue weighted by Crippen LogP contribution is -2.30. The number of nitrogens with zero attached hydrogens (tertiary/aromatic N) is 1. The van der Waals surface area contributed by atoms with Gasteiger partial charge in [-0.3, -0.25) is 4.79 Å². The summed E-state index contributed by atoms with van der Waals surface area (Å²) in [6.07, 6.45) is 6.91. The Kier molecular flexibility index (Phi) is 8.41. The summed E-state index contributed by atoms with van der Waals surface area (Å²) in [6.45, 7) is 7.01. The summed E-state index contributed by atoms with van der Waals surface area (Å²) >= 11 is 0. The van der Waals surface area contributed by atoms with E-state index in [2.05, 4.69) is 26.0 Å².